The van der Waals surface area contributed by atoms with Gasteiger partial charge < -0.3 is 14.2 Å². The summed E-state index contributed by atoms with van der Waals surface area (Å²) < 4.78 is 15.6. The highest BCUT2D eigenvalue weighted by molar-refractivity contribution is 5.84. The van der Waals surface area contributed by atoms with E-state index in [0.717, 1.165) is 34.9 Å². The maximum absolute atomic E-state index is 12.0. The van der Waals surface area contributed by atoms with Crippen LogP contribution in [0.2, 0.25) is 0 Å². The largest absolute Gasteiger partial charge is 0.423 e. The zero-order valence-corrected chi connectivity index (χ0v) is 23.0. The van der Waals surface area contributed by atoms with Crippen LogP contribution in [0.25, 0.3) is 11.1 Å². The SMILES string of the molecule is C=CC(=O)Oc1ccc(C#Cc2ccc(C#Cc3ccc(-c4ccc(OC(=O)C=C)cc4)cc3)cc2OC(=O)C=C)cc1. The van der Waals surface area contributed by atoms with Crippen molar-refractivity contribution in [1.29, 1.82) is 0 Å². The lowest BCUT2D eigenvalue weighted by Gasteiger charge is -2.05. The fraction of sp³-hybridized carbons (Fsp3) is 0. The fourth-order valence-corrected chi connectivity index (χ4v) is 3.61. The van der Waals surface area contributed by atoms with Crippen LogP contribution >= 0.6 is 0 Å². The molecule has 0 radical (unpaired) electrons. The molecular formula is C37H24O6. The normalized spacial score (nSPS) is 9.58. The van der Waals surface area contributed by atoms with Gasteiger partial charge >= 0.3 is 17.9 Å². The van der Waals surface area contributed by atoms with E-state index >= 15 is 0 Å². The molecule has 0 aliphatic rings. The number of carbonyl (C=O) groups is 3. The summed E-state index contributed by atoms with van der Waals surface area (Å²) in [7, 11) is 0. The van der Waals surface area contributed by atoms with Crippen LogP contribution in [0, 0.1) is 23.7 Å². The van der Waals surface area contributed by atoms with E-state index in [2.05, 4.69) is 43.4 Å². The van der Waals surface area contributed by atoms with Crippen LogP contribution < -0.4 is 14.2 Å². The van der Waals surface area contributed by atoms with Crippen molar-refractivity contribution in [3.8, 4) is 52.1 Å². The molecule has 43 heavy (non-hydrogen) atoms. The van der Waals surface area contributed by atoms with E-state index in [0.29, 0.717) is 28.2 Å². The van der Waals surface area contributed by atoms with Crippen LogP contribution in [0.4, 0.5) is 0 Å². The van der Waals surface area contributed by atoms with E-state index in [4.69, 9.17) is 14.2 Å². The Morgan fingerprint density at radius 2 is 0.884 bits per heavy atom. The number of esters is 3. The van der Waals surface area contributed by atoms with Gasteiger partial charge in [-0.15, -0.1) is 0 Å². The van der Waals surface area contributed by atoms with Gasteiger partial charge in [-0.2, -0.15) is 0 Å². The summed E-state index contributed by atoms with van der Waals surface area (Å²) in [6.07, 6.45) is 3.27. The molecule has 0 aliphatic heterocycles. The zero-order valence-electron chi connectivity index (χ0n) is 23.0. The predicted octanol–water partition coefficient (Wildman–Crippen LogP) is 6.43. The molecular weight excluding hydrogens is 540 g/mol. The highest BCUT2D eigenvalue weighted by atomic mass is 16.5. The number of benzene rings is 4. The lowest BCUT2D eigenvalue weighted by Crippen LogP contribution is -2.04. The van der Waals surface area contributed by atoms with Crippen LogP contribution in [-0.2, 0) is 14.4 Å². The van der Waals surface area contributed by atoms with Gasteiger partial charge in [0.05, 0.1) is 5.56 Å². The first-order valence-corrected chi connectivity index (χ1v) is 12.9. The van der Waals surface area contributed by atoms with Gasteiger partial charge in [0.1, 0.15) is 17.2 Å². The van der Waals surface area contributed by atoms with E-state index in [1.807, 2.05) is 36.4 Å². The third-order valence-corrected chi connectivity index (χ3v) is 5.75. The third-order valence-electron chi connectivity index (χ3n) is 5.75. The van der Waals surface area contributed by atoms with E-state index in [1.165, 1.54) is 0 Å². The quantitative estimate of drug-likeness (QED) is 0.111. The molecule has 0 bridgehead atoms. The molecule has 0 amide bonds. The number of ether oxygens (including phenoxy) is 3. The second-order valence-electron chi connectivity index (χ2n) is 8.71. The predicted molar refractivity (Wildman–Crippen MR) is 164 cm³/mol. The van der Waals surface area contributed by atoms with Crippen LogP contribution in [0.5, 0.6) is 17.2 Å². The smallest absolute Gasteiger partial charge is 0.335 e. The second-order valence-corrected chi connectivity index (χ2v) is 8.71. The van der Waals surface area contributed by atoms with Crippen molar-refractivity contribution >= 4 is 17.9 Å². The Labute approximate surface area is 249 Å². The van der Waals surface area contributed by atoms with Crippen LogP contribution in [-0.4, -0.2) is 17.9 Å². The molecule has 0 fully saturated rings. The third kappa shape index (κ3) is 8.56. The van der Waals surface area contributed by atoms with Crippen LogP contribution in [0.15, 0.2) is 129 Å². The Hall–Kier alpha value is -6.37. The molecule has 0 N–H and O–H groups in total. The van der Waals surface area contributed by atoms with Gasteiger partial charge in [-0.25, -0.2) is 14.4 Å². The molecule has 0 saturated carbocycles. The van der Waals surface area contributed by atoms with Crippen LogP contribution in [0.3, 0.4) is 0 Å². The summed E-state index contributed by atoms with van der Waals surface area (Å²) >= 11 is 0. The van der Waals surface area contributed by atoms with Gasteiger partial charge in [0.15, 0.2) is 0 Å². The van der Waals surface area contributed by atoms with Crippen molar-refractivity contribution in [1.82, 2.24) is 0 Å². The monoisotopic (exact) mass is 564 g/mol. The Bertz CT molecular complexity index is 1820. The molecule has 6 nitrogen and oxygen atoms in total. The minimum atomic E-state index is -0.621. The Morgan fingerprint density at radius 1 is 0.488 bits per heavy atom. The van der Waals surface area contributed by atoms with E-state index in [-0.39, 0.29) is 5.75 Å². The average molecular weight is 565 g/mol. The maximum atomic E-state index is 12.0. The van der Waals surface area contributed by atoms with Gasteiger partial charge in [0.25, 0.3) is 0 Å². The van der Waals surface area contributed by atoms with Crippen molar-refractivity contribution in [2.45, 2.75) is 0 Å². The van der Waals surface area contributed by atoms with Crippen molar-refractivity contribution in [3.63, 3.8) is 0 Å². The van der Waals surface area contributed by atoms with Gasteiger partial charge in [0.2, 0.25) is 0 Å². The Kier molecular flexibility index (Phi) is 9.86. The van der Waals surface area contributed by atoms with Crippen molar-refractivity contribution in [3.05, 3.63) is 151 Å². The summed E-state index contributed by atoms with van der Waals surface area (Å²) in [6, 6.07) is 26.6. The molecule has 4 aromatic carbocycles. The first-order chi connectivity index (χ1) is 20.9. The molecule has 4 rings (SSSR count). The number of hydrogen-bond donors (Lipinski definition) is 0. The molecule has 6 heteroatoms. The first-order valence-electron chi connectivity index (χ1n) is 12.9. The number of carbonyl (C=O) groups excluding carboxylic acids is 3. The van der Waals surface area contributed by atoms with Crippen molar-refractivity contribution in [2.24, 2.45) is 0 Å². The minimum Gasteiger partial charge on any atom is -0.423 e. The highest BCUT2D eigenvalue weighted by Crippen LogP contribution is 2.24. The van der Waals surface area contributed by atoms with E-state index < -0.39 is 17.9 Å². The topological polar surface area (TPSA) is 78.9 Å². The summed E-state index contributed by atoms with van der Waals surface area (Å²) in [5, 5.41) is 0. The summed E-state index contributed by atoms with van der Waals surface area (Å²) in [5.74, 6) is 11.6. The van der Waals surface area contributed by atoms with Gasteiger partial charge in [-0.05, 0) is 77.9 Å². The molecule has 0 spiro atoms. The zero-order chi connectivity index (χ0) is 30.6. The van der Waals surface area contributed by atoms with E-state index in [1.54, 1.807) is 54.6 Å². The molecule has 208 valence electrons. The molecule has 0 heterocycles. The minimum absolute atomic E-state index is 0.248. The Balaban J connectivity index is 1.51. The molecule has 0 atom stereocenters. The second kappa shape index (κ2) is 14.3. The van der Waals surface area contributed by atoms with Gasteiger partial charge in [-0.1, -0.05) is 67.7 Å². The fourth-order valence-electron chi connectivity index (χ4n) is 3.61. The summed E-state index contributed by atoms with van der Waals surface area (Å²) in [5.41, 5.74) is 4.49. The first kappa shape index (κ1) is 29.6. The summed E-state index contributed by atoms with van der Waals surface area (Å²) in [4.78, 5) is 34.7. The average Bonchev–Trinajstić information content (AvgIpc) is 3.04. The molecule has 0 aliphatic carbocycles. The summed E-state index contributed by atoms with van der Waals surface area (Å²) in [6.45, 7) is 10.2. The highest BCUT2D eigenvalue weighted by Gasteiger charge is 2.07. The van der Waals surface area contributed by atoms with Crippen LogP contribution in [0.1, 0.15) is 22.3 Å². The van der Waals surface area contributed by atoms with Crippen molar-refractivity contribution < 1.29 is 28.6 Å². The molecule has 0 aromatic heterocycles. The molecule has 0 unspecified atom stereocenters. The lowest BCUT2D eigenvalue weighted by atomic mass is 10.0. The standard InChI is InChI=1S/C37H24O6/c1-4-35(38)41-32-21-13-27(14-22-32)11-17-31-18-12-28(25-34(31)43-37(40)6-3)8-7-26-9-15-29(16-10-26)30-19-23-33(24-20-30)42-36(39)5-2/h4-6,9-10,12-16,18-25H,1-3H2. The van der Waals surface area contributed by atoms with Crippen molar-refractivity contribution in [2.75, 3.05) is 0 Å². The number of hydrogen-bond acceptors (Lipinski definition) is 6. The number of rotatable bonds is 7. The molecule has 0 saturated heterocycles. The van der Waals surface area contributed by atoms with E-state index in [9.17, 15) is 14.4 Å². The Morgan fingerprint density at radius 3 is 1.42 bits per heavy atom. The van der Waals surface area contributed by atoms with Gasteiger partial charge in [-0.3, -0.25) is 0 Å². The molecule has 4 aromatic rings. The maximum Gasteiger partial charge on any atom is 0.335 e. The lowest BCUT2D eigenvalue weighted by molar-refractivity contribution is -0.129. The van der Waals surface area contributed by atoms with Gasteiger partial charge in [0, 0.05) is 34.9 Å².